The summed E-state index contributed by atoms with van der Waals surface area (Å²) in [4.78, 5) is 5.28. The van der Waals surface area contributed by atoms with Gasteiger partial charge in [-0.2, -0.15) is 0 Å². The number of hydrogen-bond acceptors (Lipinski definition) is 3. The Morgan fingerprint density at radius 2 is 2.35 bits per heavy atom. The molecule has 92 valence electrons. The molecule has 1 aliphatic carbocycles. The number of nitrogens with one attached hydrogen (secondary N) is 1. The number of nitrogens with zero attached hydrogens (tertiary/aromatic N) is 1. The zero-order valence-corrected chi connectivity index (χ0v) is 11.4. The average molecular weight is 250 g/mol. The van der Waals surface area contributed by atoms with E-state index in [1.807, 2.05) is 13.2 Å². The molecule has 1 atom stereocenters. The van der Waals surface area contributed by atoms with Crippen LogP contribution in [0.2, 0.25) is 0 Å². The Hall–Kier alpha value is -1.00. The van der Waals surface area contributed by atoms with Gasteiger partial charge in [-0.3, -0.25) is 4.98 Å². The summed E-state index contributed by atoms with van der Waals surface area (Å²) in [5.74, 6) is 0. The number of likely N-dealkylation sites (N-methyl/N-ethyl adjacent to an activating group) is 1. The van der Waals surface area contributed by atoms with Crippen LogP contribution in [0.4, 0.5) is 0 Å². The lowest BCUT2D eigenvalue weighted by atomic mass is 9.82. The Morgan fingerprint density at radius 3 is 3.00 bits per heavy atom. The molecule has 0 saturated heterocycles. The largest absolute Gasteiger partial charge is 0.380 e. The minimum Gasteiger partial charge on any atom is -0.380 e. The molecule has 0 bridgehead atoms. The number of aryl methyl sites for hydroxylation is 2. The Kier molecular flexibility index (Phi) is 3.45. The molecule has 0 aromatic carbocycles. The van der Waals surface area contributed by atoms with Crippen molar-refractivity contribution in [1.29, 1.82) is 0 Å². The molecule has 3 nitrogen and oxygen atoms in total. The zero-order chi connectivity index (χ0) is 12.5. The van der Waals surface area contributed by atoms with E-state index in [-0.39, 0.29) is 0 Å². The third-order valence-electron chi connectivity index (χ3n) is 3.40. The van der Waals surface area contributed by atoms with Crippen molar-refractivity contribution < 1.29 is 4.74 Å². The third-order valence-corrected chi connectivity index (χ3v) is 3.94. The van der Waals surface area contributed by atoms with Crippen molar-refractivity contribution in [2.24, 2.45) is 0 Å². The highest BCUT2D eigenvalue weighted by Gasteiger charge is 2.41. The number of pyridine rings is 1. The molecular formula is C13H18N2OS. The standard InChI is InChI=1S/C13H18N2OS/c1-9-7-10-5-4-6-13(16-3,12(17)14-2)11(10)15-8-9/h7-8H,4-6H2,1-3H3,(H,14,17)/t13-/m1/s1. The first kappa shape index (κ1) is 12.5. The first-order valence-corrected chi connectivity index (χ1v) is 6.28. The van der Waals surface area contributed by atoms with Crippen LogP contribution in [0.1, 0.15) is 29.7 Å². The van der Waals surface area contributed by atoms with Crippen molar-refractivity contribution in [3.8, 4) is 0 Å². The summed E-state index contributed by atoms with van der Waals surface area (Å²) in [6.07, 6.45) is 4.91. The summed E-state index contributed by atoms with van der Waals surface area (Å²) in [7, 11) is 3.55. The number of fused-ring (bicyclic) bond motifs is 1. The van der Waals surface area contributed by atoms with Gasteiger partial charge in [-0.25, -0.2) is 0 Å². The summed E-state index contributed by atoms with van der Waals surface area (Å²) < 4.78 is 5.73. The van der Waals surface area contributed by atoms with Crippen LogP contribution < -0.4 is 5.32 Å². The lowest BCUT2D eigenvalue weighted by Crippen LogP contribution is -2.46. The van der Waals surface area contributed by atoms with E-state index in [1.165, 1.54) is 11.1 Å². The maximum atomic E-state index is 5.73. The normalized spacial score (nSPS) is 23.0. The van der Waals surface area contributed by atoms with E-state index in [9.17, 15) is 0 Å². The van der Waals surface area contributed by atoms with Crippen molar-refractivity contribution in [1.82, 2.24) is 10.3 Å². The van der Waals surface area contributed by atoms with E-state index in [0.29, 0.717) is 0 Å². The second kappa shape index (κ2) is 4.70. The van der Waals surface area contributed by atoms with Crippen LogP contribution in [0.15, 0.2) is 12.3 Å². The topological polar surface area (TPSA) is 34.1 Å². The Balaban J connectivity index is 2.55. The third kappa shape index (κ3) is 1.96. The van der Waals surface area contributed by atoms with Crippen LogP contribution >= 0.6 is 12.2 Å². The van der Waals surface area contributed by atoms with Gasteiger partial charge in [0.05, 0.1) is 5.69 Å². The highest BCUT2D eigenvalue weighted by Crippen LogP contribution is 2.37. The Labute approximate surface area is 108 Å². The number of hydrogen-bond donors (Lipinski definition) is 1. The van der Waals surface area contributed by atoms with E-state index < -0.39 is 5.60 Å². The summed E-state index contributed by atoms with van der Waals surface area (Å²) in [5.41, 5.74) is 2.89. The van der Waals surface area contributed by atoms with Gasteiger partial charge >= 0.3 is 0 Å². The first-order chi connectivity index (χ1) is 8.14. The maximum Gasteiger partial charge on any atom is 0.159 e. The lowest BCUT2D eigenvalue weighted by Gasteiger charge is -2.37. The van der Waals surface area contributed by atoms with Gasteiger partial charge in [0.15, 0.2) is 5.60 Å². The number of methoxy groups -OCH3 is 1. The van der Waals surface area contributed by atoms with E-state index in [1.54, 1.807) is 7.11 Å². The predicted octanol–water partition coefficient (Wildman–Crippen LogP) is 2.11. The minimum absolute atomic E-state index is 0.536. The highest BCUT2D eigenvalue weighted by atomic mass is 32.1. The van der Waals surface area contributed by atoms with Crippen molar-refractivity contribution in [2.45, 2.75) is 31.8 Å². The van der Waals surface area contributed by atoms with E-state index >= 15 is 0 Å². The first-order valence-electron chi connectivity index (χ1n) is 5.87. The molecule has 1 aromatic heterocycles. The second-order valence-electron chi connectivity index (χ2n) is 4.48. The monoisotopic (exact) mass is 250 g/mol. The average Bonchev–Trinajstić information content (AvgIpc) is 2.36. The molecule has 4 heteroatoms. The van der Waals surface area contributed by atoms with Gasteiger partial charge in [0.1, 0.15) is 4.99 Å². The SMILES string of the molecule is CNC(=S)[C@@]1(OC)CCCc2cc(C)cnc21. The summed E-state index contributed by atoms with van der Waals surface area (Å²) in [5, 5.41) is 3.05. The number of ether oxygens (including phenoxy) is 1. The molecule has 0 amide bonds. The molecule has 1 heterocycles. The fourth-order valence-corrected chi connectivity index (χ4v) is 2.83. The molecule has 0 aliphatic heterocycles. The van der Waals surface area contributed by atoms with Gasteiger partial charge < -0.3 is 10.1 Å². The van der Waals surface area contributed by atoms with E-state index in [4.69, 9.17) is 17.0 Å². The van der Waals surface area contributed by atoms with Crippen LogP contribution in [0.25, 0.3) is 0 Å². The van der Waals surface area contributed by atoms with Crippen molar-refractivity contribution in [2.75, 3.05) is 14.2 Å². The van der Waals surface area contributed by atoms with Gasteiger partial charge in [-0.15, -0.1) is 0 Å². The van der Waals surface area contributed by atoms with Crippen molar-refractivity contribution in [3.05, 3.63) is 29.1 Å². The number of aromatic nitrogens is 1. The summed E-state index contributed by atoms with van der Waals surface area (Å²) in [6, 6.07) is 2.19. The minimum atomic E-state index is -0.536. The number of rotatable bonds is 2. The maximum absolute atomic E-state index is 5.73. The van der Waals surface area contributed by atoms with Gasteiger partial charge in [0.2, 0.25) is 0 Å². The lowest BCUT2D eigenvalue weighted by molar-refractivity contribution is 0.0282. The summed E-state index contributed by atoms with van der Waals surface area (Å²) >= 11 is 5.42. The fraction of sp³-hybridized carbons (Fsp3) is 0.538. The van der Waals surface area contributed by atoms with E-state index in [2.05, 4.69) is 23.3 Å². The Bertz CT molecular complexity index is 447. The Morgan fingerprint density at radius 1 is 1.59 bits per heavy atom. The van der Waals surface area contributed by atoms with Gasteiger partial charge in [-0.05, 0) is 37.3 Å². The van der Waals surface area contributed by atoms with Crippen LogP contribution in [0.5, 0.6) is 0 Å². The molecule has 2 rings (SSSR count). The predicted molar refractivity (Wildman–Crippen MR) is 72.3 cm³/mol. The van der Waals surface area contributed by atoms with Gasteiger partial charge in [0, 0.05) is 20.4 Å². The van der Waals surface area contributed by atoms with Crippen LogP contribution in [0.3, 0.4) is 0 Å². The van der Waals surface area contributed by atoms with Crippen LogP contribution in [-0.2, 0) is 16.8 Å². The van der Waals surface area contributed by atoms with Crippen molar-refractivity contribution >= 4 is 17.2 Å². The number of thiocarbonyl (C=S) groups is 1. The van der Waals surface area contributed by atoms with Crippen molar-refractivity contribution in [3.63, 3.8) is 0 Å². The molecule has 0 unspecified atom stereocenters. The van der Waals surface area contributed by atoms with Crippen LogP contribution in [-0.4, -0.2) is 24.1 Å². The molecule has 0 fully saturated rings. The quantitative estimate of drug-likeness (QED) is 0.815. The smallest absolute Gasteiger partial charge is 0.159 e. The van der Waals surface area contributed by atoms with Gasteiger partial charge in [0.25, 0.3) is 0 Å². The van der Waals surface area contributed by atoms with Gasteiger partial charge in [-0.1, -0.05) is 18.3 Å². The fourth-order valence-electron chi connectivity index (χ4n) is 2.54. The van der Waals surface area contributed by atoms with Crippen LogP contribution in [0, 0.1) is 6.92 Å². The molecule has 1 aliphatic rings. The summed E-state index contributed by atoms with van der Waals surface area (Å²) in [6.45, 7) is 2.06. The zero-order valence-electron chi connectivity index (χ0n) is 10.5. The molecule has 0 radical (unpaired) electrons. The highest BCUT2D eigenvalue weighted by molar-refractivity contribution is 7.80. The molecule has 0 saturated carbocycles. The molecule has 1 aromatic rings. The molecule has 0 spiro atoms. The molecule has 17 heavy (non-hydrogen) atoms. The second-order valence-corrected chi connectivity index (χ2v) is 4.89. The van der Waals surface area contributed by atoms with E-state index in [0.717, 1.165) is 29.9 Å². The molecular weight excluding hydrogens is 232 g/mol. The molecule has 1 N–H and O–H groups in total.